The molecule has 10 nitrogen and oxygen atoms in total. The van der Waals surface area contributed by atoms with Crippen molar-refractivity contribution in [3.8, 4) is 0 Å². The number of aromatic nitrogens is 1. The van der Waals surface area contributed by atoms with Gasteiger partial charge in [0.25, 0.3) is 5.91 Å². The second-order valence-electron chi connectivity index (χ2n) is 10.6. The van der Waals surface area contributed by atoms with Gasteiger partial charge in [-0.2, -0.15) is 0 Å². The minimum absolute atomic E-state index is 0.483. The Labute approximate surface area is 245 Å². The van der Waals surface area contributed by atoms with Crippen molar-refractivity contribution in [2.24, 2.45) is 5.92 Å². The summed E-state index contributed by atoms with van der Waals surface area (Å²) in [5.41, 5.74) is 8.08. The van der Waals surface area contributed by atoms with E-state index in [0.717, 1.165) is 30.6 Å². The van der Waals surface area contributed by atoms with Crippen LogP contribution in [0.3, 0.4) is 0 Å². The van der Waals surface area contributed by atoms with Gasteiger partial charge in [0.1, 0.15) is 6.10 Å². The van der Waals surface area contributed by atoms with Gasteiger partial charge in [-0.15, -0.1) is 0 Å². The standard InChI is InChI=1S/C32H39N3O7/c1-19-30(40-22(4)36)31(41-23(5)37)21(3)39-32(19)42-35-29(38)15-14-24-10-12-25(13-11-24)18-33-17-16-26-20(2)34-28-9-7-6-8-27(26)28/h6-15,19,21,30-34H,16-18H2,1-5H3,(H,35,38)/b15-14+/t19-,21-,30-,31+,32-/m0/s1. The predicted octanol–water partition coefficient (Wildman–Crippen LogP) is 4.11. The fourth-order valence-electron chi connectivity index (χ4n) is 5.16. The molecule has 3 aromatic rings. The molecule has 42 heavy (non-hydrogen) atoms. The van der Waals surface area contributed by atoms with Gasteiger partial charge >= 0.3 is 11.9 Å². The minimum atomic E-state index is -0.917. The van der Waals surface area contributed by atoms with Crippen molar-refractivity contribution < 1.29 is 33.4 Å². The molecule has 3 N–H and O–H groups in total. The van der Waals surface area contributed by atoms with Crippen LogP contribution in [0.15, 0.2) is 54.6 Å². The third kappa shape index (κ3) is 8.06. The lowest BCUT2D eigenvalue weighted by Gasteiger charge is -2.42. The molecule has 2 aromatic carbocycles. The number of hydrogen-bond donors (Lipinski definition) is 3. The highest BCUT2D eigenvalue weighted by Gasteiger charge is 2.47. The Bertz CT molecular complexity index is 1420. The van der Waals surface area contributed by atoms with Crippen LogP contribution in [0.2, 0.25) is 0 Å². The summed E-state index contributed by atoms with van der Waals surface area (Å²) in [6.07, 6.45) is 0.852. The van der Waals surface area contributed by atoms with Gasteiger partial charge in [-0.25, -0.2) is 10.3 Å². The molecule has 1 saturated heterocycles. The number of ether oxygens (including phenoxy) is 3. The van der Waals surface area contributed by atoms with Crippen molar-refractivity contribution in [1.82, 2.24) is 15.8 Å². The maximum Gasteiger partial charge on any atom is 0.303 e. The van der Waals surface area contributed by atoms with Gasteiger partial charge < -0.3 is 24.5 Å². The van der Waals surface area contributed by atoms with Crippen LogP contribution < -0.4 is 10.8 Å². The van der Waals surface area contributed by atoms with Crippen molar-refractivity contribution in [2.45, 2.75) is 72.2 Å². The first-order chi connectivity index (χ1) is 20.1. The first kappa shape index (κ1) is 31.0. The molecule has 1 fully saturated rings. The second kappa shape index (κ2) is 14.3. The zero-order valence-electron chi connectivity index (χ0n) is 24.6. The zero-order valence-corrected chi connectivity index (χ0v) is 24.6. The van der Waals surface area contributed by atoms with Crippen molar-refractivity contribution in [3.63, 3.8) is 0 Å². The number of fused-ring (bicyclic) bond motifs is 1. The number of esters is 2. The van der Waals surface area contributed by atoms with E-state index < -0.39 is 48.4 Å². The highest BCUT2D eigenvalue weighted by molar-refractivity contribution is 5.91. The van der Waals surface area contributed by atoms with E-state index in [1.54, 1.807) is 19.9 Å². The molecule has 5 atom stereocenters. The Morgan fingerprint density at radius 1 is 0.976 bits per heavy atom. The average molecular weight is 578 g/mol. The van der Waals surface area contributed by atoms with Crippen molar-refractivity contribution >= 4 is 34.8 Å². The topological polar surface area (TPSA) is 128 Å². The molecule has 10 heteroatoms. The van der Waals surface area contributed by atoms with Gasteiger partial charge in [-0.05, 0) is 55.6 Å². The Kier molecular flexibility index (Phi) is 10.5. The number of aromatic amines is 1. The third-order valence-corrected chi connectivity index (χ3v) is 7.28. The Morgan fingerprint density at radius 3 is 2.38 bits per heavy atom. The van der Waals surface area contributed by atoms with E-state index in [-0.39, 0.29) is 0 Å². The van der Waals surface area contributed by atoms with Gasteiger partial charge in [0.2, 0.25) is 0 Å². The van der Waals surface area contributed by atoms with E-state index in [4.69, 9.17) is 19.0 Å². The van der Waals surface area contributed by atoms with E-state index in [1.807, 2.05) is 30.3 Å². The van der Waals surface area contributed by atoms with Crippen LogP contribution >= 0.6 is 0 Å². The lowest BCUT2D eigenvalue weighted by atomic mass is 9.92. The van der Waals surface area contributed by atoms with Gasteiger partial charge in [0, 0.05) is 43.1 Å². The molecule has 1 aromatic heterocycles. The summed E-state index contributed by atoms with van der Waals surface area (Å²) >= 11 is 0. The molecular weight excluding hydrogens is 538 g/mol. The normalized spacial score (nSPS) is 22.3. The molecule has 0 bridgehead atoms. The fourth-order valence-corrected chi connectivity index (χ4v) is 5.16. The number of carbonyl (C=O) groups is 3. The van der Waals surface area contributed by atoms with Crippen LogP contribution in [0.5, 0.6) is 0 Å². The smallest absolute Gasteiger partial charge is 0.303 e. The van der Waals surface area contributed by atoms with Crippen molar-refractivity contribution in [3.05, 3.63) is 77.0 Å². The van der Waals surface area contributed by atoms with E-state index in [2.05, 4.69) is 40.9 Å². The number of hydrogen-bond acceptors (Lipinski definition) is 8. The van der Waals surface area contributed by atoms with E-state index >= 15 is 0 Å². The van der Waals surface area contributed by atoms with E-state index in [0.29, 0.717) is 0 Å². The molecule has 2 heterocycles. The second-order valence-corrected chi connectivity index (χ2v) is 10.6. The van der Waals surface area contributed by atoms with Crippen LogP contribution in [-0.2, 0) is 46.4 Å². The average Bonchev–Trinajstić information content (AvgIpc) is 3.27. The number of hydroxylamine groups is 1. The van der Waals surface area contributed by atoms with Gasteiger partial charge in [-0.3, -0.25) is 14.4 Å². The molecule has 0 aliphatic carbocycles. The molecule has 4 rings (SSSR count). The maximum atomic E-state index is 12.4. The van der Waals surface area contributed by atoms with Gasteiger partial charge in [-0.1, -0.05) is 49.4 Å². The van der Waals surface area contributed by atoms with Gasteiger partial charge in [0.15, 0.2) is 12.4 Å². The van der Waals surface area contributed by atoms with Crippen LogP contribution in [0.1, 0.15) is 50.1 Å². The molecule has 0 radical (unpaired) electrons. The number of aryl methyl sites for hydroxylation is 1. The van der Waals surface area contributed by atoms with E-state index in [9.17, 15) is 14.4 Å². The lowest BCUT2D eigenvalue weighted by Crippen LogP contribution is -2.57. The van der Waals surface area contributed by atoms with Crippen LogP contribution in [0.4, 0.5) is 0 Å². The number of rotatable bonds is 11. The summed E-state index contributed by atoms with van der Waals surface area (Å²) in [4.78, 5) is 44.5. The highest BCUT2D eigenvalue weighted by atomic mass is 16.8. The molecule has 0 spiro atoms. The van der Waals surface area contributed by atoms with Crippen molar-refractivity contribution in [2.75, 3.05) is 6.54 Å². The molecule has 224 valence electrons. The quantitative estimate of drug-likeness (QED) is 0.134. The number of carbonyl (C=O) groups excluding carboxylic acids is 3. The van der Waals surface area contributed by atoms with Crippen LogP contribution in [0, 0.1) is 12.8 Å². The number of H-pyrrole nitrogens is 1. The van der Waals surface area contributed by atoms with E-state index in [1.165, 1.54) is 42.1 Å². The first-order valence-electron chi connectivity index (χ1n) is 14.1. The molecule has 0 saturated carbocycles. The van der Waals surface area contributed by atoms with Crippen LogP contribution in [-0.4, -0.2) is 54.0 Å². The van der Waals surface area contributed by atoms with Crippen LogP contribution in [0.25, 0.3) is 17.0 Å². The Hall–Kier alpha value is -3.99. The monoisotopic (exact) mass is 577 g/mol. The molecule has 1 aliphatic heterocycles. The number of nitrogens with one attached hydrogen (secondary N) is 3. The summed E-state index contributed by atoms with van der Waals surface area (Å²) < 4.78 is 16.5. The number of para-hydroxylation sites is 1. The SMILES string of the molecule is CC(=O)O[C@H]1[C@H](C)[C@H](ONC(=O)/C=C/c2ccc(CNCCc3c(C)[nH]c4ccccc34)cc2)O[C@@H](C)[C@H]1OC(C)=O. The minimum Gasteiger partial charge on any atom is -0.458 e. The molecule has 1 amide bonds. The molecule has 1 aliphatic rings. The summed E-state index contributed by atoms with van der Waals surface area (Å²) in [5.74, 6) is -2.04. The first-order valence-corrected chi connectivity index (χ1v) is 14.1. The summed E-state index contributed by atoms with van der Waals surface area (Å²) in [5, 5.41) is 4.78. The summed E-state index contributed by atoms with van der Waals surface area (Å²) in [7, 11) is 0. The summed E-state index contributed by atoms with van der Waals surface area (Å²) in [6, 6.07) is 16.3. The van der Waals surface area contributed by atoms with Gasteiger partial charge in [0.05, 0.1) is 12.0 Å². The lowest BCUT2D eigenvalue weighted by molar-refractivity contribution is -0.292. The predicted molar refractivity (Wildman–Crippen MR) is 158 cm³/mol. The Balaban J connectivity index is 1.23. The fraction of sp³-hybridized carbons (Fsp3) is 0.406. The third-order valence-electron chi connectivity index (χ3n) is 7.28. The largest absolute Gasteiger partial charge is 0.458 e. The zero-order chi connectivity index (χ0) is 30.2. The Morgan fingerprint density at radius 2 is 1.67 bits per heavy atom. The number of benzene rings is 2. The van der Waals surface area contributed by atoms with Crippen molar-refractivity contribution in [1.29, 1.82) is 0 Å². The molecular formula is C32H39N3O7. The summed E-state index contributed by atoms with van der Waals surface area (Å²) in [6.45, 7) is 9.66. The number of amides is 1. The molecule has 0 unspecified atom stereocenters. The highest BCUT2D eigenvalue weighted by Crippen LogP contribution is 2.30. The maximum absolute atomic E-state index is 12.4.